The Bertz CT molecular complexity index is 617. The summed E-state index contributed by atoms with van der Waals surface area (Å²) in [6.45, 7) is 4.89. The zero-order valence-electron chi connectivity index (χ0n) is 11.2. The molecule has 2 nitrogen and oxygen atoms in total. The molecule has 1 aliphatic rings. The Morgan fingerprint density at radius 1 is 1.21 bits per heavy atom. The number of benzene rings is 1. The Balaban J connectivity index is 1.95. The SMILES string of the molecule is CCN1C(=O)C(Cc2ccc(C)s2)c2ccccc21. The van der Waals surface area contributed by atoms with Gasteiger partial charge in [0.2, 0.25) is 5.91 Å². The molecule has 0 N–H and O–H groups in total. The largest absolute Gasteiger partial charge is 0.312 e. The molecule has 1 aromatic carbocycles. The molecule has 1 aromatic heterocycles. The summed E-state index contributed by atoms with van der Waals surface area (Å²) in [5.41, 5.74) is 2.27. The summed E-state index contributed by atoms with van der Waals surface area (Å²) in [4.78, 5) is 17.0. The maximum atomic E-state index is 12.5. The summed E-state index contributed by atoms with van der Waals surface area (Å²) < 4.78 is 0. The summed E-state index contributed by atoms with van der Waals surface area (Å²) in [6.07, 6.45) is 0.824. The van der Waals surface area contributed by atoms with Gasteiger partial charge in [0.05, 0.1) is 5.92 Å². The molecule has 0 fully saturated rings. The van der Waals surface area contributed by atoms with Crippen molar-refractivity contribution < 1.29 is 4.79 Å². The molecule has 0 saturated heterocycles. The van der Waals surface area contributed by atoms with Crippen molar-refractivity contribution in [2.45, 2.75) is 26.2 Å². The number of para-hydroxylation sites is 1. The molecule has 2 heterocycles. The van der Waals surface area contributed by atoms with Crippen molar-refractivity contribution in [2.75, 3.05) is 11.4 Å². The van der Waals surface area contributed by atoms with Gasteiger partial charge in [-0.15, -0.1) is 11.3 Å². The van der Waals surface area contributed by atoms with Crippen LogP contribution in [0, 0.1) is 6.92 Å². The molecule has 0 aliphatic carbocycles. The van der Waals surface area contributed by atoms with E-state index in [1.54, 1.807) is 11.3 Å². The molecular weight excluding hydrogens is 254 g/mol. The average Bonchev–Trinajstić information content (AvgIpc) is 2.93. The van der Waals surface area contributed by atoms with Gasteiger partial charge in [-0.1, -0.05) is 18.2 Å². The number of carbonyl (C=O) groups is 1. The summed E-state index contributed by atoms with van der Waals surface area (Å²) in [7, 11) is 0. The zero-order chi connectivity index (χ0) is 13.4. The molecule has 1 atom stereocenters. The number of amides is 1. The number of nitrogens with zero attached hydrogens (tertiary/aromatic N) is 1. The number of fused-ring (bicyclic) bond motifs is 1. The number of rotatable bonds is 3. The number of carbonyl (C=O) groups excluding carboxylic acids is 1. The number of hydrogen-bond acceptors (Lipinski definition) is 2. The van der Waals surface area contributed by atoms with Crippen molar-refractivity contribution in [3.05, 3.63) is 51.7 Å². The van der Waals surface area contributed by atoms with Crippen LogP contribution in [0.1, 0.15) is 28.2 Å². The van der Waals surface area contributed by atoms with Crippen molar-refractivity contribution in [2.24, 2.45) is 0 Å². The Labute approximate surface area is 117 Å². The first kappa shape index (κ1) is 12.4. The predicted octanol–water partition coefficient (Wildman–Crippen LogP) is 3.75. The highest BCUT2D eigenvalue weighted by Crippen LogP contribution is 2.39. The molecule has 0 spiro atoms. The summed E-state index contributed by atoms with van der Waals surface area (Å²) >= 11 is 1.79. The van der Waals surface area contributed by atoms with E-state index in [9.17, 15) is 4.79 Å². The molecule has 1 unspecified atom stereocenters. The van der Waals surface area contributed by atoms with E-state index in [0.717, 1.165) is 18.7 Å². The summed E-state index contributed by atoms with van der Waals surface area (Å²) in [5, 5.41) is 0. The van der Waals surface area contributed by atoms with Gasteiger partial charge in [0.15, 0.2) is 0 Å². The molecule has 0 bridgehead atoms. The second kappa shape index (κ2) is 4.82. The van der Waals surface area contributed by atoms with E-state index in [0.29, 0.717) is 0 Å². The Kier molecular flexibility index (Phi) is 3.15. The lowest BCUT2D eigenvalue weighted by atomic mass is 9.97. The lowest BCUT2D eigenvalue weighted by Crippen LogP contribution is -2.28. The average molecular weight is 271 g/mol. The number of thiophene rings is 1. The van der Waals surface area contributed by atoms with Crippen LogP contribution < -0.4 is 4.90 Å². The first-order valence-electron chi connectivity index (χ1n) is 6.66. The molecule has 2 aromatic rings. The maximum Gasteiger partial charge on any atom is 0.234 e. The first-order chi connectivity index (χ1) is 9.20. The van der Waals surface area contributed by atoms with Crippen molar-refractivity contribution in [3.63, 3.8) is 0 Å². The highest BCUT2D eigenvalue weighted by atomic mass is 32.1. The third-order valence-corrected chi connectivity index (χ3v) is 4.71. The van der Waals surface area contributed by atoms with Gasteiger partial charge >= 0.3 is 0 Å². The third kappa shape index (κ3) is 2.08. The number of likely N-dealkylation sites (N-methyl/N-ethyl adjacent to an activating group) is 1. The number of aryl methyl sites for hydroxylation is 1. The van der Waals surface area contributed by atoms with Crippen LogP contribution in [0.3, 0.4) is 0 Å². The van der Waals surface area contributed by atoms with Gasteiger partial charge in [-0.2, -0.15) is 0 Å². The Morgan fingerprint density at radius 3 is 2.68 bits per heavy atom. The van der Waals surface area contributed by atoms with E-state index in [1.807, 2.05) is 24.0 Å². The fourth-order valence-electron chi connectivity index (χ4n) is 2.79. The molecule has 3 heteroatoms. The maximum absolute atomic E-state index is 12.5. The molecule has 98 valence electrons. The van der Waals surface area contributed by atoms with Crippen LogP contribution in [0.25, 0.3) is 0 Å². The molecule has 1 aliphatic heterocycles. The van der Waals surface area contributed by atoms with Crippen LogP contribution in [0.2, 0.25) is 0 Å². The molecule has 0 saturated carbocycles. The fourth-order valence-corrected chi connectivity index (χ4v) is 3.72. The molecule has 3 rings (SSSR count). The first-order valence-corrected chi connectivity index (χ1v) is 7.48. The van der Waals surface area contributed by atoms with Crippen LogP contribution in [-0.4, -0.2) is 12.5 Å². The van der Waals surface area contributed by atoms with Crippen LogP contribution in [0.15, 0.2) is 36.4 Å². The summed E-state index contributed by atoms with van der Waals surface area (Å²) in [5.74, 6) is 0.240. The topological polar surface area (TPSA) is 20.3 Å². The normalized spacial score (nSPS) is 17.9. The smallest absolute Gasteiger partial charge is 0.234 e. The third-order valence-electron chi connectivity index (χ3n) is 3.68. The van der Waals surface area contributed by atoms with E-state index in [4.69, 9.17) is 0 Å². The molecule has 0 radical (unpaired) electrons. The Hall–Kier alpha value is -1.61. The van der Waals surface area contributed by atoms with Crippen molar-refractivity contribution in [3.8, 4) is 0 Å². The van der Waals surface area contributed by atoms with Gasteiger partial charge in [-0.25, -0.2) is 0 Å². The van der Waals surface area contributed by atoms with Gasteiger partial charge in [0.1, 0.15) is 0 Å². The fraction of sp³-hybridized carbons (Fsp3) is 0.312. The van der Waals surface area contributed by atoms with Gasteiger partial charge in [-0.05, 0) is 44.0 Å². The number of anilines is 1. The summed E-state index contributed by atoms with van der Waals surface area (Å²) in [6, 6.07) is 12.4. The minimum atomic E-state index is -0.00537. The van der Waals surface area contributed by atoms with Gasteiger partial charge in [0, 0.05) is 22.0 Å². The highest BCUT2D eigenvalue weighted by Gasteiger charge is 2.36. The van der Waals surface area contributed by atoms with Crippen LogP contribution in [-0.2, 0) is 11.2 Å². The van der Waals surface area contributed by atoms with Gasteiger partial charge < -0.3 is 4.90 Å². The van der Waals surface area contributed by atoms with E-state index < -0.39 is 0 Å². The second-order valence-corrected chi connectivity index (χ2v) is 6.28. The second-order valence-electron chi connectivity index (χ2n) is 4.91. The van der Waals surface area contributed by atoms with Crippen LogP contribution >= 0.6 is 11.3 Å². The number of hydrogen-bond donors (Lipinski definition) is 0. The Morgan fingerprint density at radius 2 is 2.00 bits per heavy atom. The van der Waals surface area contributed by atoms with E-state index in [-0.39, 0.29) is 11.8 Å². The molecular formula is C16H17NOS. The monoisotopic (exact) mass is 271 g/mol. The molecule has 1 amide bonds. The standard InChI is InChI=1S/C16H17NOS/c1-3-17-15-7-5-4-6-13(15)14(16(17)18)10-12-9-8-11(2)19-12/h4-9,14H,3,10H2,1-2H3. The van der Waals surface area contributed by atoms with E-state index in [2.05, 4.69) is 31.2 Å². The van der Waals surface area contributed by atoms with Gasteiger partial charge in [0.25, 0.3) is 0 Å². The van der Waals surface area contributed by atoms with Crippen molar-refractivity contribution in [1.82, 2.24) is 0 Å². The minimum absolute atomic E-state index is 0.00537. The lowest BCUT2D eigenvalue weighted by molar-refractivity contribution is -0.119. The minimum Gasteiger partial charge on any atom is -0.312 e. The van der Waals surface area contributed by atoms with Crippen LogP contribution in [0.4, 0.5) is 5.69 Å². The van der Waals surface area contributed by atoms with E-state index >= 15 is 0 Å². The molecule has 19 heavy (non-hydrogen) atoms. The van der Waals surface area contributed by atoms with Crippen molar-refractivity contribution in [1.29, 1.82) is 0 Å². The zero-order valence-corrected chi connectivity index (χ0v) is 12.0. The van der Waals surface area contributed by atoms with Crippen molar-refractivity contribution >= 4 is 22.9 Å². The highest BCUT2D eigenvalue weighted by molar-refractivity contribution is 7.11. The lowest BCUT2D eigenvalue weighted by Gasteiger charge is -2.14. The quantitative estimate of drug-likeness (QED) is 0.832. The predicted molar refractivity (Wildman–Crippen MR) is 80.0 cm³/mol. The van der Waals surface area contributed by atoms with Crippen LogP contribution in [0.5, 0.6) is 0 Å². The van der Waals surface area contributed by atoms with Gasteiger partial charge in [-0.3, -0.25) is 4.79 Å². The van der Waals surface area contributed by atoms with E-state index in [1.165, 1.54) is 15.3 Å².